The highest BCUT2D eigenvalue weighted by Gasteiger charge is 2.07. The summed E-state index contributed by atoms with van der Waals surface area (Å²) in [6, 6.07) is 3.65. The molecule has 0 atom stereocenters. The third-order valence-electron chi connectivity index (χ3n) is 1.83. The predicted molar refractivity (Wildman–Crippen MR) is 61.9 cm³/mol. The standard InChI is InChI=1S/C9H11N5S/c1-14(2)9-13-12-8(15-9)6-3-4-7(10)11-5-6/h3-5H,1-2H3,(H2,10,11). The van der Waals surface area contributed by atoms with Gasteiger partial charge in [-0.15, -0.1) is 10.2 Å². The van der Waals surface area contributed by atoms with Crippen LogP contribution in [0.25, 0.3) is 10.6 Å². The lowest BCUT2D eigenvalue weighted by atomic mass is 10.3. The number of nitrogen functional groups attached to an aromatic ring is 1. The number of aromatic nitrogens is 3. The second-order valence-corrected chi connectivity index (χ2v) is 4.21. The lowest BCUT2D eigenvalue weighted by Crippen LogP contribution is -2.07. The molecule has 2 aromatic heterocycles. The van der Waals surface area contributed by atoms with Gasteiger partial charge in [0.25, 0.3) is 0 Å². The second kappa shape index (κ2) is 3.82. The van der Waals surface area contributed by atoms with Crippen LogP contribution in [0.3, 0.4) is 0 Å². The molecule has 2 rings (SSSR count). The van der Waals surface area contributed by atoms with E-state index in [0.29, 0.717) is 5.82 Å². The number of anilines is 2. The van der Waals surface area contributed by atoms with Gasteiger partial charge in [0.2, 0.25) is 5.13 Å². The number of rotatable bonds is 2. The topological polar surface area (TPSA) is 67.9 Å². The van der Waals surface area contributed by atoms with Crippen molar-refractivity contribution < 1.29 is 0 Å². The molecule has 0 amide bonds. The van der Waals surface area contributed by atoms with Gasteiger partial charge >= 0.3 is 0 Å². The van der Waals surface area contributed by atoms with E-state index in [9.17, 15) is 0 Å². The highest BCUT2D eigenvalue weighted by Crippen LogP contribution is 2.27. The van der Waals surface area contributed by atoms with Crippen LogP contribution in [0.4, 0.5) is 10.9 Å². The highest BCUT2D eigenvalue weighted by molar-refractivity contribution is 7.18. The van der Waals surface area contributed by atoms with Crippen LogP contribution in [0.2, 0.25) is 0 Å². The Kier molecular flexibility index (Phi) is 2.51. The summed E-state index contributed by atoms with van der Waals surface area (Å²) in [4.78, 5) is 5.94. The smallest absolute Gasteiger partial charge is 0.208 e. The third kappa shape index (κ3) is 2.04. The Morgan fingerprint density at radius 1 is 1.27 bits per heavy atom. The molecule has 0 bridgehead atoms. The van der Waals surface area contributed by atoms with Crippen molar-refractivity contribution in [3.8, 4) is 10.6 Å². The summed E-state index contributed by atoms with van der Waals surface area (Å²) in [6.45, 7) is 0. The molecule has 0 unspecified atom stereocenters. The van der Waals surface area contributed by atoms with Gasteiger partial charge < -0.3 is 10.6 Å². The summed E-state index contributed by atoms with van der Waals surface area (Å²) in [7, 11) is 3.87. The largest absolute Gasteiger partial charge is 0.384 e. The fraction of sp³-hybridized carbons (Fsp3) is 0.222. The van der Waals surface area contributed by atoms with Crippen LogP contribution in [0.5, 0.6) is 0 Å². The van der Waals surface area contributed by atoms with Crippen molar-refractivity contribution >= 4 is 22.3 Å². The van der Waals surface area contributed by atoms with Crippen molar-refractivity contribution in [3.05, 3.63) is 18.3 Å². The molecule has 5 nitrogen and oxygen atoms in total. The average molecular weight is 221 g/mol. The highest BCUT2D eigenvalue weighted by atomic mass is 32.1. The first kappa shape index (κ1) is 9.85. The average Bonchev–Trinajstić information content (AvgIpc) is 2.68. The Hall–Kier alpha value is -1.69. The zero-order valence-corrected chi connectivity index (χ0v) is 9.32. The molecule has 2 aromatic rings. The molecule has 0 aliphatic heterocycles. The quantitative estimate of drug-likeness (QED) is 0.826. The molecule has 15 heavy (non-hydrogen) atoms. The second-order valence-electron chi connectivity index (χ2n) is 3.26. The zero-order chi connectivity index (χ0) is 10.8. The SMILES string of the molecule is CN(C)c1nnc(-c2ccc(N)nc2)s1. The molecular formula is C9H11N5S. The molecule has 0 aliphatic rings. The van der Waals surface area contributed by atoms with Gasteiger partial charge in [0.05, 0.1) is 0 Å². The van der Waals surface area contributed by atoms with Gasteiger partial charge in [0.15, 0.2) is 5.01 Å². The molecule has 0 fully saturated rings. The van der Waals surface area contributed by atoms with Crippen LogP contribution < -0.4 is 10.6 Å². The number of nitrogens with two attached hydrogens (primary N) is 1. The van der Waals surface area contributed by atoms with Gasteiger partial charge in [0.1, 0.15) is 5.82 Å². The first-order chi connectivity index (χ1) is 7.16. The van der Waals surface area contributed by atoms with Crippen LogP contribution in [-0.4, -0.2) is 29.3 Å². The van der Waals surface area contributed by atoms with E-state index in [4.69, 9.17) is 5.73 Å². The fourth-order valence-electron chi connectivity index (χ4n) is 1.04. The minimum atomic E-state index is 0.510. The van der Waals surface area contributed by atoms with Crippen molar-refractivity contribution in [1.82, 2.24) is 15.2 Å². The van der Waals surface area contributed by atoms with Gasteiger partial charge in [0, 0.05) is 25.9 Å². The first-order valence-corrected chi connectivity index (χ1v) is 5.21. The van der Waals surface area contributed by atoms with Crippen LogP contribution in [0, 0.1) is 0 Å². The minimum absolute atomic E-state index is 0.510. The summed E-state index contributed by atoms with van der Waals surface area (Å²) in [6.07, 6.45) is 1.70. The summed E-state index contributed by atoms with van der Waals surface area (Å²) in [5.41, 5.74) is 6.45. The molecule has 2 N–H and O–H groups in total. The van der Waals surface area contributed by atoms with Gasteiger partial charge in [-0.2, -0.15) is 0 Å². The van der Waals surface area contributed by atoms with E-state index in [0.717, 1.165) is 15.7 Å². The molecule has 0 saturated heterocycles. The van der Waals surface area contributed by atoms with Gasteiger partial charge in [-0.3, -0.25) is 0 Å². The molecule has 0 aromatic carbocycles. The zero-order valence-electron chi connectivity index (χ0n) is 8.51. The van der Waals surface area contributed by atoms with Gasteiger partial charge in [-0.25, -0.2) is 4.98 Å². The molecule has 0 spiro atoms. The minimum Gasteiger partial charge on any atom is -0.384 e. The third-order valence-corrected chi connectivity index (χ3v) is 2.97. The van der Waals surface area contributed by atoms with Crippen LogP contribution in [0.1, 0.15) is 0 Å². The van der Waals surface area contributed by atoms with Crippen molar-refractivity contribution in [2.24, 2.45) is 0 Å². The molecular weight excluding hydrogens is 210 g/mol. The van der Waals surface area contributed by atoms with Crippen molar-refractivity contribution in [3.63, 3.8) is 0 Å². The lowest BCUT2D eigenvalue weighted by Gasteiger charge is -2.03. The number of hydrogen-bond donors (Lipinski definition) is 1. The Balaban J connectivity index is 2.33. The molecule has 6 heteroatoms. The number of hydrogen-bond acceptors (Lipinski definition) is 6. The van der Waals surface area contributed by atoms with Gasteiger partial charge in [-0.1, -0.05) is 11.3 Å². The maximum absolute atomic E-state index is 5.51. The van der Waals surface area contributed by atoms with Crippen LogP contribution in [0.15, 0.2) is 18.3 Å². The molecule has 0 aliphatic carbocycles. The number of nitrogens with zero attached hydrogens (tertiary/aromatic N) is 4. The van der Waals surface area contributed by atoms with Crippen molar-refractivity contribution in [2.75, 3.05) is 24.7 Å². The van der Waals surface area contributed by atoms with Gasteiger partial charge in [-0.05, 0) is 12.1 Å². The first-order valence-electron chi connectivity index (χ1n) is 4.39. The maximum atomic E-state index is 5.51. The predicted octanol–water partition coefficient (Wildman–Crippen LogP) is 1.25. The summed E-state index contributed by atoms with van der Waals surface area (Å²) in [5.74, 6) is 0.510. The fourth-order valence-corrected chi connectivity index (χ4v) is 1.80. The number of pyridine rings is 1. The Morgan fingerprint density at radius 3 is 2.60 bits per heavy atom. The maximum Gasteiger partial charge on any atom is 0.208 e. The lowest BCUT2D eigenvalue weighted by molar-refractivity contribution is 1.02. The van der Waals surface area contributed by atoms with E-state index in [2.05, 4.69) is 15.2 Å². The molecule has 2 heterocycles. The van der Waals surface area contributed by atoms with Crippen LogP contribution >= 0.6 is 11.3 Å². The monoisotopic (exact) mass is 221 g/mol. The summed E-state index contributed by atoms with van der Waals surface area (Å²) in [5, 5.41) is 9.86. The van der Waals surface area contributed by atoms with E-state index in [1.807, 2.05) is 25.1 Å². The van der Waals surface area contributed by atoms with Crippen LogP contribution in [-0.2, 0) is 0 Å². The molecule has 0 radical (unpaired) electrons. The molecule has 78 valence electrons. The van der Waals surface area contributed by atoms with E-state index in [-0.39, 0.29) is 0 Å². The molecule has 0 saturated carbocycles. The summed E-state index contributed by atoms with van der Waals surface area (Å²) < 4.78 is 0. The van der Waals surface area contributed by atoms with Crippen molar-refractivity contribution in [2.45, 2.75) is 0 Å². The van der Waals surface area contributed by atoms with E-state index < -0.39 is 0 Å². The normalized spacial score (nSPS) is 10.3. The van der Waals surface area contributed by atoms with Crippen molar-refractivity contribution in [1.29, 1.82) is 0 Å². The van der Waals surface area contributed by atoms with E-state index in [1.54, 1.807) is 12.3 Å². The Bertz CT molecular complexity index is 448. The Labute approximate surface area is 91.6 Å². The Morgan fingerprint density at radius 2 is 2.07 bits per heavy atom. The van der Waals surface area contributed by atoms with E-state index in [1.165, 1.54) is 11.3 Å². The summed E-state index contributed by atoms with van der Waals surface area (Å²) >= 11 is 1.52. The van der Waals surface area contributed by atoms with E-state index >= 15 is 0 Å².